The maximum atomic E-state index is 13.1. The lowest BCUT2D eigenvalue weighted by Gasteiger charge is -2.34. The lowest BCUT2D eigenvalue weighted by atomic mass is 9.98. The predicted molar refractivity (Wildman–Crippen MR) is 198 cm³/mol. The Balaban J connectivity index is 0.00000359. The van der Waals surface area contributed by atoms with Crippen molar-refractivity contribution in [1.82, 2.24) is 40.4 Å². The molecule has 4 amide bonds. The second-order valence-electron chi connectivity index (χ2n) is 14.1. The molecule has 21 nitrogen and oxygen atoms in total. The maximum Gasteiger partial charge on any atom is 0.317 e. The Hall–Kier alpha value is -4.28. The minimum absolute atomic E-state index is 0.0102. The van der Waals surface area contributed by atoms with Gasteiger partial charge in [-0.15, -0.1) is 0 Å². The molecule has 2 unspecified atom stereocenters. The molecule has 0 bridgehead atoms. The number of primary amides is 1. The van der Waals surface area contributed by atoms with Crippen molar-refractivity contribution in [3.8, 4) is 0 Å². The van der Waals surface area contributed by atoms with Gasteiger partial charge in [-0.05, 0) is 19.8 Å². The van der Waals surface area contributed by atoms with Crippen LogP contribution in [0.1, 0.15) is 40.5 Å². The maximum absolute atomic E-state index is 13.1. The highest BCUT2D eigenvalue weighted by atomic mass is 16.4. The number of nitrogens with zero attached hydrogens (tertiary/aromatic N) is 5. The number of carbonyl (C=O) groups excluding carboxylic acids is 5. The number of piperidine rings is 1. The van der Waals surface area contributed by atoms with E-state index in [9.17, 15) is 58.8 Å². The number of aliphatic carboxylic acids is 3. The van der Waals surface area contributed by atoms with Crippen molar-refractivity contribution in [2.24, 2.45) is 11.7 Å². The zero-order chi connectivity index (χ0) is 41.7. The summed E-state index contributed by atoms with van der Waals surface area (Å²) in [6.45, 7) is 8.44. The summed E-state index contributed by atoms with van der Waals surface area (Å²) in [5.41, 5.74) is 4.47. The van der Waals surface area contributed by atoms with Gasteiger partial charge in [0, 0.05) is 84.3 Å². The molecular weight excluding hydrogens is 726 g/mol. The number of aliphatic hydroxyl groups excluding tert-OH is 1. The SMILES string of the molecule is CC(C)C(=O)C(NC(=O)CNC(=O)CN1CCC(NC(=O)CN2CCN(CC(=O)O)CCN(CC(=O)O)CCN(CC(=O)O)CC2)CC1)C(C)O.CC(N)=O. The van der Waals surface area contributed by atoms with Crippen LogP contribution in [0.5, 0.6) is 0 Å². The van der Waals surface area contributed by atoms with Crippen molar-refractivity contribution in [1.29, 1.82) is 0 Å². The van der Waals surface area contributed by atoms with Crippen molar-refractivity contribution in [2.75, 3.05) is 105 Å². The third kappa shape index (κ3) is 22.6. The molecule has 21 heteroatoms. The van der Waals surface area contributed by atoms with Crippen LogP contribution in [0.4, 0.5) is 0 Å². The molecule has 2 saturated heterocycles. The topological polar surface area (TPSA) is 296 Å². The number of Topliss-reactive ketones (excluding diaryl/α,β-unsaturated/α-hetero) is 1. The Labute approximate surface area is 321 Å². The molecule has 55 heavy (non-hydrogen) atoms. The Kier molecular flexibility index (Phi) is 22.8. The highest BCUT2D eigenvalue weighted by Crippen LogP contribution is 2.10. The fourth-order valence-corrected chi connectivity index (χ4v) is 5.95. The van der Waals surface area contributed by atoms with Crippen molar-refractivity contribution >= 4 is 47.3 Å². The quantitative estimate of drug-likeness (QED) is 0.0692. The number of carboxylic acids is 3. The van der Waals surface area contributed by atoms with E-state index in [2.05, 4.69) is 21.7 Å². The molecule has 314 valence electrons. The Morgan fingerprint density at radius 1 is 0.600 bits per heavy atom. The van der Waals surface area contributed by atoms with Gasteiger partial charge in [0.15, 0.2) is 5.78 Å². The molecular formula is C34H61N9O12. The molecule has 2 heterocycles. The molecule has 0 aromatic carbocycles. The average molecular weight is 788 g/mol. The van der Waals surface area contributed by atoms with Crippen LogP contribution in [-0.2, 0) is 38.4 Å². The second kappa shape index (κ2) is 25.7. The summed E-state index contributed by atoms with van der Waals surface area (Å²) < 4.78 is 0. The number of amides is 4. The zero-order valence-electron chi connectivity index (χ0n) is 32.4. The van der Waals surface area contributed by atoms with Crippen LogP contribution in [0.3, 0.4) is 0 Å². The zero-order valence-corrected chi connectivity index (χ0v) is 32.4. The normalized spacial score (nSPS) is 18.7. The molecule has 0 radical (unpaired) electrons. The number of carboxylic acid groups (broad SMARTS) is 3. The van der Waals surface area contributed by atoms with Gasteiger partial charge < -0.3 is 42.1 Å². The van der Waals surface area contributed by atoms with Crippen LogP contribution >= 0.6 is 0 Å². The summed E-state index contributed by atoms with van der Waals surface area (Å²) in [6.07, 6.45) is 0.0823. The van der Waals surface area contributed by atoms with Crippen molar-refractivity contribution in [2.45, 2.75) is 58.7 Å². The van der Waals surface area contributed by atoms with Gasteiger partial charge in [-0.1, -0.05) is 13.8 Å². The van der Waals surface area contributed by atoms with E-state index in [0.717, 1.165) is 0 Å². The number of likely N-dealkylation sites (tertiary alicyclic amines) is 1. The van der Waals surface area contributed by atoms with E-state index in [-0.39, 0.29) is 101 Å². The third-order valence-corrected chi connectivity index (χ3v) is 8.81. The van der Waals surface area contributed by atoms with Gasteiger partial charge in [0.1, 0.15) is 6.04 Å². The Morgan fingerprint density at radius 3 is 1.29 bits per heavy atom. The molecule has 2 rings (SSSR count). The first kappa shape index (κ1) is 48.7. The Morgan fingerprint density at radius 2 is 0.945 bits per heavy atom. The minimum atomic E-state index is -1.08. The van der Waals surface area contributed by atoms with Crippen LogP contribution in [0.2, 0.25) is 0 Å². The molecule has 0 aromatic heterocycles. The fourth-order valence-electron chi connectivity index (χ4n) is 5.95. The highest BCUT2D eigenvalue weighted by molar-refractivity contribution is 5.92. The standard InChI is InChI=1S/C32H56N8O11.C2H5NO/c1-22(2)32(51)31(23(3)41)35-25(42)16-33-26(43)17-36-6-4-24(5-7-36)34-27(44)18-37-8-10-38(19-28(45)46)12-14-40(21-30(49)50)15-13-39(11-9-37)20-29(47)48;1-2(3)4/h22-24,31,41H,4-21H2,1-3H3,(H,33,43)(H,34,44)(H,35,42)(H,45,46)(H,47,48)(H,49,50);1H3,(H2,3,4). The predicted octanol–water partition coefficient (Wildman–Crippen LogP) is -4.26. The number of hydrogen-bond donors (Lipinski definition) is 8. The van der Waals surface area contributed by atoms with Gasteiger partial charge in [0.25, 0.3) is 0 Å². The average Bonchev–Trinajstić information content (AvgIpc) is 3.06. The number of ketones is 1. The number of rotatable bonds is 17. The van der Waals surface area contributed by atoms with E-state index >= 15 is 0 Å². The van der Waals surface area contributed by atoms with E-state index in [1.165, 1.54) is 13.8 Å². The van der Waals surface area contributed by atoms with E-state index in [1.54, 1.807) is 28.5 Å². The number of carbonyl (C=O) groups is 8. The number of hydrogen-bond acceptors (Lipinski definition) is 14. The summed E-state index contributed by atoms with van der Waals surface area (Å²) in [4.78, 5) is 103. The second-order valence-corrected chi connectivity index (χ2v) is 14.1. The summed E-state index contributed by atoms with van der Waals surface area (Å²) in [7, 11) is 0. The first-order valence-corrected chi connectivity index (χ1v) is 18.4. The summed E-state index contributed by atoms with van der Waals surface area (Å²) in [5, 5.41) is 46.1. The van der Waals surface area contributed by atoms with Gasteiger partial charge in [0.2, 0.25) is 23.6 Å². The van der Waals surface area contributed by atoms with E-state index in [4.69, 9.17) is 0 Å². The van der Waals surface area contributed by atoms with Gasteiger partial charge in [-0.3, -0.25) is 62.9 Å². The van der Waals surface area contributed by atoms with Gasteiger partial charge >= 0.3 is 17.9 Å². The summed E-state index contributed by atoms with van der Waals surface area (Å²) >= 11 is 0. The van der Waals surface area contributed by atoms with E-state index in [1.807, 2.05) is 9.80 Å². The van der Waals surface area contributed by atoms with Crippen molar-refractivity contribution in [3.63, 3.8) is 0 Å². The lowest BCUT2D eigenvalue weighted by Crippen LogP contribution is -2.53. The summed E-state index contributed by atoms with van der Waals surface area (Å²) in [5.74, 6) is -5.33. The van der Waals surface area contributed by atoms with Gasteiger partial charge in [-0.2, -0.15) is 0 Å². The van der Waals surface area contributed by atoms with Crippen LogP contribution in [-0.4, -0.2) is 215 Å². The third-order valence-electron chi connectivity index (χ3n) is 8.81. The molecule has 2 aliphatic rings. The minimum Gasteiger partial charge on any atom is -0.480 e. The van der Waals surface area contributed by atoms with Crippen LogP contribution in [0, 0.1) is 5.92 Å². The first-order valence-electron chi connectivity index (χ1n) is 18.4. The lowest BCUT2D eigenvalue weighted by molar-refractivity contribution is -0.140. The Bertz CT molecular complexity index is 1260. The fraction of sp³-hybridized carbons (Fsp3) is 0.765. The van der Waals surface area contributed by atoms with E-state index < -0.39 is 36.0 Å². The largest absolute Gasteiger partial charge is 0.480 e. The summed E-state index contributed by atoms with van der Waals surface area (Å²) in [6, 6.07) is -1.20. The molecule has 0 saturated carbocycles. The molecule has 2 fully saturated rings. The highest BCUT2D eigenvalue weighted by Gasteiger charge is 2.28. The number of nitrogens with two attached hydrogens (primary N) is 1. The molecule has 2 aliphatic heterocycles. The van der Waals surface area contributed by atoms with Crippen LogP contribution < -0.4 is 21.7 Å². The molecule has 9 N–H and O–H groups in total. The molecule has 2 atom stereocenters. The van der Waals surface area contributed by atoms with E-state index in [0.29, 0.717) is 52.1 Å². The monoisotopic (exact) mass is 787 g/mol. The van der Waals surface area contributed by atoms with Gasteiger partial charge in [0.05, 0.1) is 45.4 Å². The number of nitrogens with one attached hydrogen (secondary N) is 3. The molecule has 0 aromatic rings. The number of aliphatic hydroxyl groups is 1. The van der Waals surface area contributed by atoms with Crippen molar-refractivity contribution in [3.05, 3.63) is 0 Å². The van der Waals surface area contributed by atoms with Crippen LogP contribution in [0.25, 0.3) is 0 Å². The van der Waals surface area contributed by atoms with Crippen LogP contribution in [0.15, 0.2) is 0 Å². The smallest absolute Gasteiger partial charge is 0.317 e. The first-order chi connectivity index (χ1) is 25.7. The molecule has 0 aliphatic carbocycles. The van der Waals surface area contributed by atoms with Gasteiger partial charge in [-0.25, -0.2) is 0 Å². The van der Waals surface area contributed by atoms with Crippen molar-refractivity contribution < 1.29 is 58.8 Å². The molecule has 0 spiro atoms.